The van der Waals surface area contributed by atoms with Gasteiger partial charge in [-0.1, -0.05) is 54.6 Å². The molecule has 3 aromatic rings. The van der Waals surface area contributed by atoms with E-state index in [0.29, 0.717) is 16.4 Å². The van der Waals surface area contributed by atoms with E-state index in [1.165, 1.54) is 0 Å². The summed E-state index contributed by atoms with van der Waals surface area (Å²) in [6.07, 6.45) is 0. The normalized spacial score (nSPS) is 10.8. The van der Waals surface area contributed by atoms with Gasteiger partial charge < -0.3 is 0 Å². The third-order valence-electron chi connectivity index (χ3n) is 4.76. The van der Waals surface area contributed by atoms with Crippen LogP contribution in [0.5, 0.6) is 0 Å². The molecule has 25 heavy (non-hydrogen) atoms. The smallest absolute Gasteiger partial charge is 0.194 e. The van der Waals surface area contributed by atoms with Crippen molar-refractivity contribution < 1.29 is 9.36 Å². The van der Waals surface area contributed by atoms with Gasteiger partial charge in [-0.05, 0) is 54.7 Å². The fraction of sp³-hybridized carbons (Fsp3) is 0.136. The zero-order valence-electron chi connectivity index (χ0n) is 14.5. The Morgan fingerprint density at radius 1 is 0.760 bits per heavy atom. The van der Waals surface area contributed by atoms with Crippen LogP contribution in [-0.4, -0.2) is 5.78 Å². The third kappa shape index (κ3) is 3.18. The Morgan fingerprint density at radius 3 is 2.16 bits per heavy atom. The minimum Gasteiger partial charge on any atom is -0.289 e. The first kappa shape index (κ1) is 17.3. The van der Waals surface area contributed by atoms with Crippen molar-refractivity contribution in [2.24, 2.45) is 0 Å². The lowest BCUT2D eigenvalue weighted by atomic mass is 9.92. The molecule has 0 heterocycles. The molecule has 0 bridgehead atoms. The van der Waals surface area contributed by atoms with Gasteiger partial charge in [-0.25, -0.2) is 0 Å². The highest BCUT2D eigenvalue weighted by atomic mass is 31.1. The van der Waals surface area contributed by atoms with Crippen molar-refractivity contribution in [2.75, 3.05) is 0 Å². The molecule has 0 saturated carbocycles. The van der Waals surface area contributed by atoms with Crippen molar-refractivity contribution in [1.29, 1.82) is 0 Å². The van der Waals surface area contributed by atoms with E-state index >= 15 is 0 Å². The van der Waals surface area contributed by atoms with Gasteiger partial charge in [0.1, 0.15) is 0 Å². The second-order valence-electron chi connectivity index (χ2n) is 6.17. The fourth-order valence-corrected chi connectivity index (χ4v) is 3.60. The number of aryl methyl sites for hydroxylation is 1. The van der Waals surface area contributed by atoms with Crippen molar-refractivity contribution in [2.45, 2.75) is 20.8 Å². The largest absolute Gasteiger partial charge is 0.289 e. The van der Waals surface area contributed by atoms with Crippen molar-refractivity contribution in [3.05, 3.63) is 88.5 Å². The molecule has 0 aromatic heterocycles. The SMILES string of the molecule is Cc1ccc(C(=O)c2cccc(-c3ccccc3)c2P=O)c(C)c1C. The predicted molar refractivity (Wildman–Crippen MR) is 103 cm³/mol. The highest BCUT2D eigenvalue weighted by Gasteiger charge is 2.20. The molecule has 0 fully saturated rings. The lowest BCUT2D eigenvalue weighted by molar-refractivity contribution is 0.103. The first-order valence-electron chi connectivity index (χ1n) is 8.18. The number of hydrogen-bond donors (Lipinski definition) is 0. The van der Waals surface area contributed by atoms with E-state index in [0.717, 1.165) is 27.8 Å². The minimum absolute atomic E-state index is 0.0864. The van der Waals surface area contributed by atoms with E-state index < -0.39 is 0 Å². The monoisotopic (exact) mass is 346 g/mol. The van der Waals surface area contributed by atoms with E-state index in [2.05, 4.69) is 0 Å². The van der Waals surface area contributed by atoms with Crippen LogP contribution in [0.3, 0.4) is 0 Å². The molecule has 0 N–H and O–H groups in total. The Hall–Kier alpha value is -2.57. The number of carbonyl (C=O) groups is 1. The average Bonchev–Trinajstić information content (AvgIpc) is 2.65. The summed E-state index contributed by atoms with van der Waals surface area (Å²) in [5, 5.41) is 0.538. The van der Waals surface area contributed by atoms with Gasteiger partial charge in [0.2, 0.25) is 0 Å². The molecule has 0 saturated heterocycles. The number of carbonyl (C=O) groups excluding carboxylic acids is 1. The molecular formula is C22H19O2P. The molecule has 3 rings (SSSR count). The maximum Gasteiger partial charge on any atom is 0.194 e. The van der Waals surface area contributed by atoms with Crippen LogP contribution in [0.25, 0.3) is 11.1 Å². The van der Waals surface area contributed by atoms with Gasteiger partial charge in [0.25, 0.3) is 0 Å². The Balaban J connectivity index is 2.17. The first-order valence-corrected chi connectivity index (χ1v) is 8.99. The number of ketones is 1. The van der Waals surface area contributed by atoms with Crippen molar-refractivity contribution >= 4 is 19.5 Å². The Bertz CT molecular complexity index is 959. The summed E-state index contributed by atoms with van der Waals surface area (Å²) in [4.78, 5) is 13.2. The molecule has 0 aliphatic rings. The topological polar surface area (TPSA) is 34.1 Å². The lowest BCUT2D eigenvalue weighted by Gasteiger charge is -2.13. The molecule has 0 radical (unpaired) electrons. The Kier molecular flexibility index (Phi) is 4.92. The van der Waals surface area contributed by atoms with Gasteiger partial charge in [-0.15, -0.1) is 0 Å². The van der Waals surface area contributed by atoms with Crippen LogP contribution in [0, 0.1) is 20.8 Å². The van der Waals surface area contributed by atoms with Gasteiger partial charge in [-0.2, -0.15) is 0 Å². The Morgan fingerprint density at radius 2 is 1.48 bits per heavy atom. The Labute approximate surface area is 149 Å². The van der Waals surface area contributed by atoms with Crippen molar-refractivity contribution in [1.82, 2.24) is 0 Å². The van der Waals surface area contributed by atoms with E-state index in [-0.39, 0.29) is 14.2 Å². The van der Waals surface area contributed by atoms with Crippen LogP contribution in [0.2, 0.25) is 0 Å². The van der Waals surface area contributed by atoms with Crippen LogP contribution in [-0.2, 0) is 4.57 Å². The molecular weight excluding hydrogens is 327 g/mol. The van der Waals surface area contributed by atoms with Crippen LogP contribution in [0.15, 0.2) is 60.7 Å². The summed E-state index contributed by atoms with van der Waals surface area (Å²) in [7, 11) is -0.153. The molecule has 3 aromatic carbocycles. The highest BCUT2D eigenvalue weighted by Crippen LogP contribution is 2.25. The fourth-order valence-electron chi connectivity index (χ4n) is 3.02. The summed E-state index contributed by atoms with van der Waals surface area (Å²) in [6.45, 7) is 6.02. The van der Waals surface area contributed by atoms with Gasteiger partial charge in [0.05, 0.1) is 5.30 Å². The maximum atomic E-state index is 13.2. The summed E-state index contributed by atoms with van der Waals surface area (Å²) in [5.74, 6) is -0.0864. The quantitative estimate of drug-likeness (QED) is 0.466. The molecule has 0 spiro atoms. The standard InChI is InChI=1S/C22H19O2P/c1-14-12-13-18(16(3)15(14)2)21(23)20-11-7-10-19(22(20)25-24)17-8-5-4-6-9-17/h4-13H,1-3H3. The second kappa shape index (κ2) is 7.13. The lowest BCUT2D eigenvalue weighted by Crippen LogP contribution is -2.15. The van der Waals surface area contributed by atoms with Crippen molar-refractivity contribution in [3.8, 4) is 11.1 Å². The molecule has 0 atom stereocenters. The maximum absolute atomic E-state index is 13.2. The number of rotatable bonds is 4. The van der Waals surface area contributed by atoms with E-state index in [4.69, 9.17) is 0 Å². The van der Waals surface area contributed by atoms with Crippen LogP contribution >= 0.6 is 8.46 Å². The highest BCUT2D eigenvalue weighted by molar-refractivity contribution is 7.35. The molecule has 0 aliphatic heterocycles. The number of hydrogen-bond acceptors (Lipinski definition) is 2. The summed E-state index contributed by atoms with van der Waals surface area (Å²) in [5.41, 5.74) is 6.18. The van der Waals surface area contributed by atoms with Gasteiger partial charge in [0.15, 0.2) is 14.2 Å². The zero-order chi connectivity index (χ0) is 18.0. The minimum atomic E-state index is -0.153. The van der Waals surface area contributed by atoms with E-state index in [9.17, 15) is 9.36 Å². The third-order valence-corrected chi connectivity index (χ3v) is 5.42. The molecule has 124 valence electrons. The molecule has 0 amide bonds. The van der Waals surface area contributed by atoms with Gasteiger partial charge in [0, 0.05) is 11.1 Å². The van der Waals surface area contributed by atoms with Crippen LogP contribution < -0.4 is 5.30 Å². The second-order valence-corrected chi connectivity index (χ2v) is 6.80. The molecule has 0 unspecified atom stereocenters. The molecule has 2 nitrogen and oxygen atoms in total. The number of benzene rings is 3. The van der Waals surface area contributed by atoms with E-state index in [1.54, 1.807) is 6.07 Å². The van der Waals surface area contributed by atoms with Crippen molar-refractivity contribution in [3.63, 3.8) is 0 Å². The molecule has 3 heteroatoms. The summed E-state index contributed by atoms with van der Waals surface area (Å²) < 4.78 is 11.9. The van der Waals surface area contributed by atoms with Gasteiger partial charge in [-0.3, -0.25) is 9.36 Å². The van der Waals surface area contributed by atoms with Crippen LogP contribution in [0.1, 0.15) is 32.6 Å². The average molecular weight is 346 g/mol. The molecule has 0 aliphatic carbocycles. The first-order chi connectivity index (χ1) is 12.0. The van der Waals surface area contributed by atoms with Crippen LogP contribution in [0.4, 0.5) is 0 Å². The van der Waals surface area contributed by atoms with Gasteiger partial charge >= 0.3 is 0 Å². The summed E-state index contributed by atoms with van der Waals surface area (Å²) >= 11 is 0. The predicted octanol–water partition coefficient (Wildman–Crippen LogP) is 5.43. The zero-order valence-corrected chi connectivity index (χ0v) is 15.4. The summed E-state index contributed by atoms with van der Waals surface area (Å²) in [6, 6.07) is 19.0. The van der Waals surface area contributed by atoms with E-state index in [1.807, 2.05) is 75.4 Å².